The van der Waals surface area contributed by atoms with Crippen LogP contribution in [0.25, 0.3) is 0 Å². The highest BCUT2D eigenvalue weighted by Gasteiger charge is 2.51. The molecule has 0 bridgehead atoms. The van der Waals surface area contributed by atoms with Crippen molar-refractivity contribution < 1.29 is 9.31 Å². The minimum Gasteiger partial charge on any atom is -0.399 e. The first-order valence-electron chi connectivity index (χ1n) is 6.32. The van der Waals surface area contributed by atoms with Crippen LogP contribution in [0.1, 0.15) is 45.0 Å². The van der Waals surface area contributed by atoms with Gasteiger partial charge < -0.3 is 9.31 Å². The Morgan fingerprint density at radius 3 is 1.83 bits per heavy atom. The summed E-state index contributed by atoms with van der Waals surface area (Å²) in [4.78, 5) is 0.366. The summed E-state index contributed by atoms with van der Waals surface area (Å²) in [5.41, 5.74) is 1.78. The number of alkyl halides is 1. The Hall–Kier alpha value is -0.315. The Bertz CT molecular complexity index is 410. The fraction of sp³-hybridized carbons (Fsp3) is 0.571. The number of halogens is 1. The van der Waals surface area contributed by atoms with Gasteiger partial charge in [0.25, 0.3) is 0 Å². The van der Waals surface area contributed by atoms with Crippen molar-refractivity contribution in [1.82, 2.24) is 0 Å². The molecule has 1 aromatic rings. The van der Waals surface area contributed by atoms with E-state index in [9.17, 15) is 0 Å². The zero-order valence-corrected chi connectivity index (χ0v) is 13.2. The summed E-state index contributed by atoms with van der Waals surface area (Å²) in [5, 5.41) is 0. The molecule has 1 saturated heterocycles. The SMILES string of the molecule is C[C@H](Br)c1ccc(B2OC(C)(C)C(C)(C)O2)cc1. The molecule has 1 aliphatic rings. The molecule has 98 valence electrons. The third-order valence-electron chi connectivity index (χ3n) is 3.92. The molecule has 0 aromatic heterocycles. The van der Waals surface area contributed by atoms with E-state index in [1.165, 1.54) is 5.56 Å². The lowest BCUT2D eigenvalue weighted by Crippen LogP contribution is -2.41. The lowest BCUT2D eigenvalue weighted by molar-refractivity contribution is 0.00578. The van der Waals surface area contributed by atoms with Crippen molar-refractivity contribution in [2.75, 3.05) is 0 Å². The van der Waals surface area contributed by atoms with Gasteiger partial charge in [0, 0.05) is 4.83 Å². The predicted octanol–water partition coefficient (Wildman–Crippen LogP) is 3.44. The van der Waals surface area contributed by atoms with Crippen LogP contribution in [0.4, 0.5) is 0 Å². The number of hydrogen-bond acceptors (Lipinski definition) is 2. The van der Waals surface area contributed by atoms with Gasteiger partial charge in [-0.25, -0.2) is 0 Å². The van der Waals surface area contributed by atoms with Gasteiger partial charge in [0.05, 0.1) is 11.2 Å². The fourth-order valence-electron chi connectivity index (χ4n) is 1.90. The van der Waals surface area contributed by atoms with Crippen LogP contribution in [0.15, 0.2) is 24.3 Å². The Balaban J connectivity index is 2.19. The maximum atomic E-state index is 6.02. The Labute approximate surface area is 118 Å². The van der Waals surface area contributed by atoms with E-state index < -0.39 is 0 Å². The van der Waals surface area contributed by atoms with Crippen LogP contribution in [-0.2, 0) is 9.31 Å². The average molecular weight is 311 g/mol. The van der Waals surface area contributed by atoms with Gasteiger partial charge in [-0.2, -0.15) is 0 Å². The van der Waals surface area contributed by atoms with Crippen molar-refractivity contribution in [1.29, 1.82) is 0 Å². The second kappa shape index (κ2) is 4.66. The molecule has 1 heterocycles. The molecule has 0 aliphatic carbocycles. The Kier molecular flexibility index (Phi) is 3.65. The first-order chi connectivity index (χ1) is 8.23. The Morgan fingerprint density at radius 1 is 1.00 bits per heavy atom. The van der Waals surface area contributed by atoms with E-state index in [0.29, 0.717) is 4.83 Å². The van der Waals surface area contributed by atoms with Gasteiger partial charge in [0.2, 0.25) is 0 Å². The van der Waals surface area contributed by atoms with E-state index >= 15 is 0 Å². The fourth-order valence-corrected chi connectivity index (χ4v) is 2.20. The highest BCUT2D eigenvalue weighted by molar-refractivity contribution is 9.09. The quantitative estimate of drug-likeness (QED) is 0.615. The van der Waals surface area contributed by atoms with Crippen LogP contribution in [0.2, 0.25) is 0 Å². The van der Waals surface area contributed by atoms with Gasteiger partial charge in [-0.15, -0.1) is 0 Å². The van der Waals surface area contributed by atoms with Crippen molar-refractivity contribution in [2.45, 2.75) is 50.6 Å². The number of hydrogen-bond donors (Lipinski definition) is 0. The van der Waals surface area contributed by atoms with E-state index in [2.05, 4.69) is 74.8 Å². The summed E-state index contributed by atoms with van der Waals surface area (Å²) in [6.45, 7) is 10.4. The predicted molar refractivity (Wildman–Crippen MR) is 79.5 cm³/mol. The van der Waals surface area contributed by atoms with Gasteiger partial charge in [0.15, 0.2) is 0 Å². The number of benzene rings is 1. The summed E-state index contributed by atoms with van der Waals surface area (Å²) in [5.74, 6) is 0. The van der Waals surface area contributed by atoms with Crippen LogP contribution in [-0.4, -0.2) is 18.3 Å². The van der Waals surface area contributed by atoms with E-state index in [0.717, 1.165) is 5.46 Å². The summed E-state index contributed by atoms with van der Waals surface area (Å²) >= 11 is 3.56. The maximum absolute atomic E-state index is 6.02. The van der Waals surface area contributed by atoms with E-state index in [1.54, 1.807) is 0 Å². The van der Waals surface area contributed by atoms with Crippen LogP contribution < -0.4 is 5.46 Å². The molecule has 1 atom stereocenters. The molecule has 0 radical (unpaired) electrons. The molecular weight excluding hydrogens is 291 g/mol. The van der Waals surface area contributed by atoms with Gasteiger partial charge in [0.1, 0.15) is 0 Å². The zero-order valence-electron chi connectivity index (χ0n) is 11.7. The zero-order chi connectivity index (χ0) is 13.6. The molecule has 18 heavy (non-hydrogen) atoms. The molecule has 0 unspecified atom stereocenters. The van der Waals surface area contributed by atoms with E-state index in [-0.39, 0.29) is 18.3 Å². The summed E-state index contributed by atoms with van der Waals surface area (Å²) in [6, 6.07) is 8.38. The van der Waals surface area contributed by atoms with Gasteiger partial charge >= 0.3 is 7.12 Å². The molecule has 1 aliphatic heterocycles. The summed E-state index contributed by atoms with van der Waals surface area (Å²) in [6.07, 6.45) is 0. The molecule has 0 amide bonds. The molecule has 2 nitrogen and oxygen atoms in total. The van der Waals surface area contributed by atoms with E-state index in [1.807, 2.05) is 0 Å². The summed E-state index contributed by atoms with van der Waals surface area (Å²) in [7, 11) is -0.269. The van der Waals surface area contributed by atoms with Crippen LogP contribution in [0, 0.1) is 0 Å². The van der Waals surface area contributed by atoms with Gasteiger partial charge in [-0.05, 0) is 45.6 Å². The normalized spacial score (nSPS) is 23.1. The highest BCUT2D eigenvalue weighted by Crippen LogP contribution is 2.36. The molecule has 1 fully saturated rings. The molecule has 2 rings (SSSR count). The van der Waals surface area contributed by atoms with Crippen molar-refractivity contribution in [3.8, 4) is 0 Å². The van der Waals surface area contributed by atoms with Crippen molar-refractivity contribution >= 4 is 28.5 Å². The molecule has 1 aromatic carbocycles. The number of rotatable bonds is 2. The summed E-state index contributed by atoms with van der Waals surface area (Å²) < 4.78 is 12.0. The van der Waals surface area contributed by atoms with E-state index in [4.69, 9.17) is 9.31 Å². The minimum atomic E-state index is -0.279. The lowest BCUT2D eigenvalue weighted by Gasteiger charge is -2.32. The van der Waals surface area contributed by atoms with Crippen molar-refractivity contribution in [2.24, 2.45) is 0 Å². The Morgan fingerprint density at radius 2 is 1.44 bits per heavy atom. The standard InChI is InChI=1S/C14H20BBrO2/c1-10(16)11-6-8-12(9-7-11)15-17-13(2,3)14(4,5)18-15/h6-10H,1-5H3/t10-/m0/s1. The molecule has 0 saturated carbocycles. The topological polar surface area (TPSA) is 18.5 Å². The van der Waals surface area contributed by atoms with Crippen LogP contribution in [0.5, 0.6) is 0 Å². The van der Waals surface area contributed by atoms with Crippen LogP contribution >= 0.6 is 15.9 Å². The largest absolute Gasteiger partial charge is 0.494 e. The minimum absolute atomic E-state index is 0.269. The maximum Gasteiger partial charge on any atom is 0.494 e. The lowest BCUT2D eigenvalue weighted by atomic mass is 9.79. The molecular formula is C14H20BBrO2. The van der Waals surface area contributed by atoms with Crippen molar-refractivity contribution in [3.05, 3.63) is 29.8 Å². The first-order valence-corrected chi connectivity index (χ1v) is 7.24. The second-order valence-electron chi connectivity index (χ2n) is 5.87. The van der Waals surface area contributed by atoms with Crippen molar-refractivity contribution in [3.63, 3.8) is 0 Å². The monoisotopic (exact) mass is 310 g/mol. The van der Waals surface area contributed by atoms with Crippen LogP contribution in [0.3, 0.4) is 0 Å². The molecule has 4 heteroatoms. The molecule has 0 N–H and O–H groups in total. The van der Waals surface area contributed by atoms with Gasteiger partial charge in [-0.3, -0.25) is 0 Å². The van der Waals surface area contributed by atoms with Gasteiger partial charge in [-0.1, -0.05) is 40.2 Å². The first kappa shape index (κ1) is 14.1. The highest BCUT2D eigenvalue weighted by atomic mass is 79.9. The smallest absolute Gasteiger partial charge is 0.399 e. The third kappa shape index (κ3) is 2.51. The second-order valence-corrected chi connectivity index (χ2v) is 7.24. The molecule has 0 spiro atoms. The third-order valence-corrected chi connectivity index (χ3v) is 4.45. The average Bonchev–Trinajstić information content (AvgIpc) is 2.48.